The molecule has 0 saturated heterocycles. The number of aromatic nitrogens is 1. The van der Waals surface area contributed by atoms with Crippen LogP contribution in [0.5, 0.6) is 0 Å². The van der Waals surface area contributed by atoms with Crippen LogP contribution >= 0.6 is 11.3 Å². The van der Waals surface area contributed by atoms with Crippen molar-refractivity contribution in [1.82, 2.24) is 10.3 Å². The number of thiophene rings is 1. The fourth-order valence-electron chi connectivity index (χ4n) is 1.96. The summed E-state index contributed by atoms with van der Waals surface area (Å²) < 4.78 is 0. The second-order valence-corrected chi connectivity index (χ2v) is 6.10. The molecular weight excluding hydrogens is 270 g/mol. The number of pyridine rings is 1. The third-order valence-electron chi connectivity index (χ3n) is 3.01. The number of hydrogen-bond donors (Lipinski definition) is 2. The minimum Gasteiger partial charge on any atom is -0.373 e. The van der Waals surface area contributed by atoms with Crippen LogP contribution in [-0.4, -0.2) is 17.9 Å². The third kappa shape index (κ3) is 3.36. The molecule has 0 spiro atoms. The molecule has 0 aromatic carbocycles. The van der Waals surface area contributed by atoms with E-state index in [2.05, 4.69) is 34.7 Å². The van der Waals surface area contributed by atoms with E-state index in [1.807, 2.05) is 13.8 Å². The van der Waals surface area contributed by atoms with Crippen LogP contribution in [-0.2, 0) is 0 Å². The molecule has 1 amide bonds. The average Bonchev–Trinajstić information content (AvgIpc) is 2.84. The van der Waals surface area contributed by atoms with Crippen LogP contribution in [0, 0.1) is 13.8 Å². The molecule has 0 bridgehead atoms. The minimum atomic E-state index is -0.0782. The van der Waals surface area contributed by atoms with Crippen molar-refractivity contribution in [1.29, 1.82) is 0 Å². The van der Waals surface area contributed by atoms with E-state index in [9.17, 15) is 4.79 Å². The van der Waals surface area contributed by atoms with E-state index in [4.69, 9.17) is 0 Å². The summed E-state index contributed by atoms with van der Waals surface area (Å²) in [5.74, 6) is 0.625. The SMILES string of the molecule is CNc1cc(C(=O)NC(C)c2ccc(C)s2)cc(C)n1. The molecule has 2 heterocycles. The van der Waals surface area contributed by atoms with Crippen LogP contribution in [0.1, 0.15) is 38.8 Å². The molecule has 1 atom stereocenters. The van der Waals surface area contributed by atoms with E-state index in [0.29, 0.717) is 11.4 Å². The molecule has 2 rings (SSSR count). The molecule has 5 heteroatoms. The Kier molecular flexibility index (Phi) is 4.39. The molecule has 20 heavy (non-hydrogen) atoms. The first-order valence-corrected chi connectivity index (χ1v) is 7.35. The number of aryl methyl sites for hydroxylation is 2. The molecule has 106 valence electrons. The Bertz CT molecular complexity index is 621. The Morgan fingerprint density at radius 2 is 2.05 bits per heavy atom. The zero-order chi connectivity index (χ0) is 14.7. The zero-order valence-corrected chi connectivity index (χ0v) is 13.0. The summed E-state index contributed by atoms with van der Waals surface area (Å²) in [6.07, 6.45) is 0. The lowest BCUT2D eigenvalue weighted by Crippen LogP contribution is -2.26. The molecule has 1 unspecified atom stereocenters. The summed E-state index contributed by atoms with van der Waals surface area (Å²) in [5, 5.41) is 5.98. The van der Waals surface area contributed by atoms with Gasteiger partial charge in [0.15, 0.2) is 0 Å². The molecule has 0 aliphatic heterocycles. The predicted molar refractivity (Wildman–Crippen MR) is 83.5 cm³/mol. The Labute approximate surface area is 123 Å². The molecular formula is C15H19N3OS. The first-order chi connectivity index (χ1) is 9.49. The lowest BCUT2D eigenvalue weighted by Gasteiger charge is -2.13. The molecule has 0 radical (unpaired) electrons. The Hall–Kier alpha value is -1.88. The molecule has 2 aromatic heterocycles. The van der Waals surface area contributed by atoms with Crippen LogP contribution in [0.3, 0.4) is 0 Å². The fraction of sp³-hybridized carbons (Fsp3) is 0.333. The summed E-state index contributed by atoms with van der Waals surface area (Å²) in [7, 11) is 1.79. The van der Waals surface area contributed by atoms with Gasteiger partial charge in [-0.05, 0) is 45.0 Å². The van der Waals surface area contributed by atoms with Crippen molar-refractivity contribution in [2.75, 3.05) is 12.4 Å². The Morgan fingerprint density at radius 1 is 1.30 bits per heavy atom. The number of carbonyl (C=O) groups is 1. The van der Waals surface area contributed by atoms with Crippen molar-refractivity contribution < 1.29 is 4.79 Å². The highest BCUT2D eigenvalue weighted by molar-refractivity contribution is 7.12. The maximum absolute atomic E-state index is 12.3. The van der Waals surface area contributed by atoms with Crippen molar-refractivity contribution in [2.24, 2.45) is 0 Å². The molecule has 0 saturated carbocycles. The molecule has 2 N–H and O–H groups in total. The summed E-state index contributed by atoms with van der Waals surface area (Å²) in [6.45, 7) is 5.94. The minimum absolute atomic E-state index is 0.00714. The van der Waals surface area contributed by atoms with E-state index in [-0.39, 0.29) is 11.9 Å². The highest BCUT2D eigenvalue weighted by atomic mass is 32.1. The van der Waals surface area contributed by atoms with Crippen molar-refractivity contribution in [3.8, 4) is 0 Å². The second kappa shape index (κ2) is 6.05. The lowest BCUT2D eigenvalue weighted by atomic mass is 10.2. The summed E-state index contributed by atoms with van der Waals surface area (Å²) in [4.78, 5) is 19.0. The van der Waals surface area contributed by atoms with E-state index in [0.717, 1.165) is 10.6 Å². The van der Waals surface area contributed by atoms with E-state index in [1.54, 1.807) is 30.5 Å². The Morgan fingerprint density at radius 3 is 2.65 bits per heavy atom. The van der Waals surface area contributed by atoms with E-state index in [1.165, 1.54) is 4.88 Å². The van der Waals surface area contributed by atoms with Crippen LogP contribution in [0.25, 0.3) is 0 Å². The van der Waals surface area contributed by atoms with Crippen LogP contribution < -0.4 is 10.6 Å². The number of amides is 1. The molecule has 0 fully saturated rings. The van der Waals surface area contributed by atoms with Gasteiger partial charge in [0, 0.05) is 28.1 Å². The van der Waals surface area contributed by atoms with Crippen LogP contribution in [0.4, 0.5) is 5.82 Å². The maximum atomic E-state index is 12.3. The highest BCUT2D eigenvalue weighted by Gasteiger charge is 2.14. The van der Waals surface area contributed by atoms with Crippen LogP contribution in [0.15, 0.2) is 24.3 Å². The topological polar surface area (TPSA) is 54.0 Å². The van der Waals surface area contributed by atoms with Gasteiger partial charge in [-0.2, -0.15) is 0 Å². The quantitative estimate of drug-likeness (QED) is 0.908. The standard InChI is InChI=1S/C15H19N3OS/c1-9-7-12(8-14(16-4)17-9)15(19)18-11(3)13-6-5-10(2)20-13/h5-8,11H,1-4H3,(H,16,17)(H,18,19). The number of rotatable bonds is 4. The third-order valence-corrected chi connectivity index (χ3v) is 4.19. The molecule has 0 aliphatic carbocycles. The van der Waals surface area contributed by atoms with Gasteiger partial charge in [0.1, 0.15) is 5.82 Å². The number of anilines is 1. The maximum Gasteiger partial charge on any atom is 0.251 e. The lowest BCUT2D eigenvalue weighted by molar-refractivity contribution is 0.0940. The van der Waals surface area contributed by atoms with Gasteiger partial charge < -0.3 is 10.6 Å². The largest absolute Gasteiger partial charge is 0.373 e. The van der Waals surface area contributed by atoms with Crippen molar-refractivity contribution in [3.05, 3.63) is 45.3 Å². The van der Waals surface area contributed by atoms with Gasteiger partial charge in [0.05, 0.1) is 6.04 Å². The van der Waals surface area contributed by atoms with Crippen molar-refractivity contribution >= 4 is 23.1 Å². The average molecular weight is 289 g/mol. The van der Waals surface area contributed by atoms with Gasteiger partial charge in [-0.3, -0.25) is 4.79 Å². The van der Waals surface area contributed by atoms with Gasteiger partial charge >= 0.3 is 0 Å². The van der Waals surface area contributed by atoms with Crippen molar-refractivity contribution in [2.45, 2.75) is 26.8 Å². The molecule has 0 aliphatic rings. The smallest absolute Gasteiger partial charge is 0.251 e. The second-order valence-electron chi connectivity index (χ2n) is 4.78. The predicted octanol–water partition coefficient (Wildman–Crippen LogP) is 3.29. The molecule has 4 nitrogen and oxygen atoms in total. The number of nitrogens with one attached hydrogen (secondary N) is 2. The summed E-state index contributed by atoms with van der Waals surface area (Å²) in [6, 6.07) is 7.69. The van der Waals surface area contributed by atoms with Gasteiger partial charge in [-0.15, -0.1) is 11.3 Å². The first kappa shape index (κ1) is 14.5. The van der Waals surface area contributed by atoms with Crippen LogP contribution in [0.2, 0.25) is 0 Å². The molecule has 2 aromatic rings. The number of hydrogen-bond acceptors (Lipinski definition) is 4. The number of carbonyl (C=O) groups excluding carboxylic acids is 1. The normalized spacial score (nSPS) is 12.0. The van der Waals surface area contributed by atoms with E-state index >= 15 is 0 Å². The highest BCUT2D eigenvalue weighted by Crippen LogP contribution is 2.22. The van der Waals surface area contributed by atoms with Gasteiger partial charge in [0.25, 0.3) is 5.91 Å². The number of nitrogens with zero attached hydrogens (tertiary/aromatic N) is 1. The summed E-state index contributed by atoms with van der Waals surface area (Å²) >= 11 is 1.70. The monoisotopic (exact) mass is 289 g/mol. The first-order valence-electron chi connectivity index (χ1n) is 6.53. The summed E-state index contributed by atoms with van der Waals surface area (Å²) in [5.41, 5.74) is 1.45. The van der Waals surface area contributed by atoms with Crippen molar-refractivity contribution in [3.63, 3.8) is 0 Å². The van der Waals surface area contributed by atoms with Gasteiger partial charge in [-0.1, -0.05) is 0 Å². The zero-order valence-electron chi connectivity index (χ0n) is 12.2. The fourth-order valence-corrected chi connectivity index (χ4v) is 2.84. The Balaban J connectivity index is 2.13. The van der Waals surface area contributed by atoms with Gasteiger partial charge in [0.2, 0.25) is 0 Å². The van der Waals surface area contributed by atoms with E-state index < -0.39 is 0 Å². The van der Waals surface area contributed by atoms with Gasteiger partial charge in [-0.25, -0.2) is 4.98 Å².